The van der Waals surface area contributed by atoms with E-state index in [2.05, 4.69) is 4.98 Å². The predicted octanol–water partition coefficient (Wildman–Crippen LogP) is 1.04. The van der Waals surface area contributed by atoms with Gasteiger partial charge in [0, 0.05) is 11.8 Å². The molecule has 3 N–H and O–H groups in total. The lowest BCUT2D eigenvalue weighted by atomic mass is 9.96. The summed E-state index contributed by atoms with van der Waals surface area (Å²) in [6.07, 6.45) is 1.19. The van der Waals surface area contributed by atoms with Crippen molar-refractivity contribution in [2.24, 2.45) is 5.73 Å². The van der Waals surface area contributed by atoms with Crippen molar-refractivity contribution >= 4 is 11.6 Å². The summed E-state index contributed by atoms with van der Waals surface area (Å²) in [7, 11) is 0. The molecule has 0 fully saturated rings. The molecule has 0 aliphatic rings. The smallest absolute Gasteiger partial charge is 0.218 e. The second-order valence-corrected chi connectivity index (χ2v) is 3.50. The number of nitrogens with zero attached hydrogens (tertiary/aromatic N) is 1. The van der Waals surface area contributed by atoms with Crippen LogP contribution in [0.25, 0.3) is 0 Å². The van der Waals surface area contributed by atoms with E-state index >= 15 is 0 Å². The second kappa shape index (κ2) is 3.57. The number of aliphatic hydroxyl groups excluding tert-OH is 1. The van der Waals surface area contributed by atoms with Crippen LogP contribution < -0.4 is 5.73 Å². The van der Waals surface area contributed by atoms with E-state index in [0.717, 1.165) is 0 Å². The Balaban J connectivity index is 3.20. The first-order valence-corrected chi connectivity index (χ1v) is 4.06. The molecule has 1 unspecified atom stereocenters. The van der Waals surface area contributed by atoms with Crippen LogP contribution in [0.4, 0.5) is 4.39 Å². The van der Waals surface area contributed by atoms with Gasteiger partial charge >= 0.3 is 0 Å². The molecule has 1 rings (SSSR count). The summed E-state index contributed by atoms with van der Waals surface area (Å²) in [5.74, 6) is -0.705. The summed E-state index contributed by atoms with van der Waals surface area (Å²) < 4.78 is 13.1. The zero-order chi connectivity index (χ0) is 10.1. The lowest BCUT2D eigenvalue weighted by Crippen LogP contribution is -2.38. The predicted molar refractivity (Wildman–Crippen MR) is 47.8 cm³/mol. The topological polar surface area (TPSA) is 59.1 Å². The molecule has 0 amide bonds. The minimum Gasteiger partial charge on any atom is -0.394 e. The molecular weight excluding hydrogens is 195 g/mol. The molecule has 0 aliphatic carbocycles. The fourth-order valence-corrected chi connectivity index (χ4v) is 1.07. The van der Waals surface area contributed by atoms with E-state index in [0.29, 0.717) is 5.02 Å². The molecule has 1 aromatic rings. The number of pyridine rings is 1. The van der Waals surface area contributed by atoms with Crippen LogP contribution in [0.3, 0.4) is 0 Å². The van der Waals surface area contributed by atoms with Gasteiger partial charge in [-0.2, -0.15) is 4.39 Å². The van der Waals surface area contributed by atoms with Crippen LogP contribution in [-0.2, 0) is 5.54 Å². The third-order valence-corrected chi connectivity index (χ3v) is 1.96. The van der Waals surface area contributed by atoms with Gasteiger partial charge in [0.2, 0.25) is 5.95 Å². The van der Waals surface area contributed by atoms with E-state index in [1.165, 1.54) is 19.2 Å². The van der Waals surface area contributed by atoms with Gasteiger partial charge in [-0.15, -0.1) is 0 Å². The van der Waals surface area contributed by atoms with Crippen molar-refractivity contribution in [3.05, 3.63) is 28.8 Å². The summed E-state index contributed by atoms with van der Waals surface area (Å²) in [5.41, 5.74) is 4.58. The van der Waals surface area contributed by atoms with Crippen LogP contribution in [0.1, 0.15) is 12.5 Å². The van der Waals surface area contributed by atoms with Crippen molar-refractivity contribution in [2.75, 3.05) is 6.61 Å². The maximum absolute atomic E-state index is 13.1. The zero-order valence-electron chi connectivity index (χ0n) is 7.09. The van der Waals surface area contributed by atoms with E-state index in [-0.39, 0.29) is 12.2 Å². The molecule has 0 saturated carbocycles. The number of aromatic nitrogens is 1. The average molecular weight is 205 g/mol. The lowest BCUT2D eigenvalue weighted by Gasteiger charge is -2.22. The maximum atomic E-state index is 13.1. The highest BCUT2D eigenvalue weighted by molar-refractivity contribution is 6.30. The summed E-state index contributed by atoms with van der Waals surface area (Å²) >= 11 is 5.61. The van der Waals surface area contributed by atoms with E-state index in [1.807, 2.05) is 0 Å². The highest BCUT2D eigenvalue weighted by Crippen LogP contribution is 2.22. The second-order valence-electron chi connectivity index (χ2n) is 3.07. The molecule has 3 nitrogen and oxygen atoms in total. The van der Waals surface area contributed by atoms with Crippen molar-refractivity contribution in [3.63, 3.8) is 0 Å². The van der Waals surface area contributed by atoms with Crippen molar-refractivity contribution < 1.29 is 9.50 Å². The fourth-order valence-electron chi connectivity index (χ4n) is 0.908. The maximum Gasteiger partial charge on any atom is 0.218 e. The first-order valence-electron chi connectivity index (χ1n) is 3.68. The summed E-state index contributed by atoms with van der Waals surface area (Å²) in [6, 6.07) is 1.36. The number of halogens is 2. The van der Waals surface area contributed by atoms with Gasteiger partial charge in [-0.3, -0.25) is 0 Å². The minimum atomic E-state index is -1.15. The molecule has 0 aliphatic heterocycles. The Labute approximate surface area is 80.3 Å². The van der Waals surface area contributed by atoms with E-state index in [9.17, 15) is 4.39 Å². The number of rotatable bonds is 2. The van der Waals surface area contributed by atoms with Crippen molar-refractivity contribution in [1.29, 1.82) is 0 Å². The molecule has 0 bridgehead atoms. The van der Waals surface area contributed by atoms with Crippen LogP contribution >= 0.6 is 11.6 Å². The summed E-state index contributed by atoms with van der Waals surface area (Å²) in [4.78, 5) is 3.40. The van der Waals surface area contributed by atoms with Crippen molar-refractivity contribution in [2.45, 2.75) is 12.5 Å². The molecule has 5 heteroatoms. The largest absolute Gasteiger partial charge is 0.394 e. The Morgan fingerprint density at radius 1 is 1.77 bits per heavy atom. The van der Waals surface area contributed by atoms with Crippen LogP contribution in [0, 0.1) is 5.95 Å². The third-order valence-electron chi connectivity index (χ3n) is 1.75. The van der Waals surface area contributed by atoms with Crippen LogP contribution in [0.15, 0.2) is 12.3 Å². The molecule has 1 atom stereocenters. The summed E-state index contributed by atoms with van der Waals surface area (Å²) in [5, 5.41) is 9.19. The SMILES string of the molecule is CC(N)(CO)c1cc(Cl)cnc1F. The Kier molecular flexibility index (Phi) is 2.85. The van der Waals surface area contributed by atoms with Crippen molar-refractivity contribution in [3.8, 4) is 0 Å². The van der Waals surface area contributed by atoms with Gasteiger partial charge in [-0.1, -0.05) is 11.6 Å². The normalized spacial score (nSPS) is 15.5. The first kappa shape index (κ1) is 10.4. The third kappa shape index (κ3) is 2.15. The van der Waals surface area contributed by atoms with Crippen molar-refractivity contribution in [1.82, 2.24) is 4.98 Å². The number of hydrogen-bond acceptors (Lipinski definition) is 3. The van der Waals surface area contributed by atoms with Crippen LogP contribution in [0.5, 0.6) is 0 Å². The van der Waals surface area contributed by atoms with Gasteiger partial charge in [-0.25, -0.2) is 4.98 Å². The molecule has 72 valence electrons. The first-order chi connectivity index (χ1) is 5.97. The molecule has 1 heterocycles. The van der Waals surface area contributed by atoms with Gasteiger partial charge < -0.3 is 10.8 Å². The molecule has 13 heavy (non-hydrogen) atoms. The molecule has 0 spiro atoms. The van der Waals surface area contributed by atoms with Gasteiger partial charge in [0.1, 0.15) is 0 Å². The summed E-state index contributed by atoms with van der Waals surface area (Å²) in [6.45, 7) is 1.13. The highest BCUT2D eigenvalue weighted by atomic mass is 35.5. The molecule has 1 aromatic heterocycles. The molecular formula is C8H10ClFN2O. The average Bonchev–Trinajstić information content (AvgIpc) is 2.09. The zero-order valence-corrected chi connectivity index (χ0v) is 7.85. The number of hydrogen-bond donors (Lipinski definition) is 2. The van der Waals surface area contributed by atoms with E-state index < -0.39 is 11.5 Å². The number of nitrogens with two attached hydrogens (primary N) is 1. The van der Waals surface area contributed by atoms with E-state index in [1.54, 1.807) is 0 Å². The fraction of sp³-hybridized carbons (Fsp3) is 0.375. The lowest BCUT2D eigenvalue weighted by molar-refractivity contribution is 0.205. The van der Waals surface area contributed by atoms with Gasteiger partial charge in [-0.05, 0) is 13.0 Å². The quantitative estimate of drug-likeness (QED) is 0.708. The minimum absolute atomic E-state index is 0.113. The number of aliphatic hydroxyl groups is 1. The van der Waals surface area contributed by atoms with Crippen LogP contribution in [-0.4, -0.2) is 16.7 Å². The van der Waals surface area contributed by atoms with Gasteiger partial charge in [0.15, 0.2) is 0 Å². The highest BCUT2D eigenvalue weighted by Gasteiger charge is 2.24. The Morgan fingerprint density at radius 2 is 2.38 bits per heavy atom. The van der Waals surface area contributed by atoms with Crippen LogP contribution in [0.2, 0.25) is 5.02 Å². The van der Waals surface area contributed by atoms with E-state index in [4.69, 9.17) is 22.4 Å². The standard InChI is InChI=1S/C8H10ClFN2O/c1-8(11,4-13)6-2-5(9)3-12-7(6)10/h2-3,13H,4,11H2,1H3. The molecule has 0 radical (unpaired) electrons. The Morgan fingerprint density at radius 3 is 2.92 bits per heavy atom. The van der Waals surface area contributed by atoms with Gasteiger partial charge in [0.25, 0.3) is 0 Å². The molecule has 0 aromatic carbocycles. The Hall–Kier alpha value is -0.710. The monoisotopic (exact) mass is 204 g/mol. The van der Waals surface area contributed by atoms with Gasteiger partial charge in [0.05, 0.1) is 17.2 Å². The Bertz CT molecular complexity index is 317. The molecule has 0 saturated heterocycles.